The number of methoxy groups -OCH3 is 1. The van der Waals surface area contributed by atoms with E-state index in [0.717, 1.165) is 5.39 Å². The maximum atomic E-state index is 5.29. The number of rotatable bonds is 8. The highest BCUT2D eigenvalue weighted by Crippen LogP contribution is 2.18. The highest BCUT2D eigenvalue weighted by molar-refractivity contribution is 5.86. The molecule has 0 aliphatic heterocycles. The van der Waals surface area contributed by atoms with Crippen LogP contribution in [0.3, 0.4) is 0 Å². The van der Waals surface area contributed by atoms with E-state index in [1.807, 2.05) is 26.0 Å². The second kappa shape index (κ2) is 11.1. The van der Waals surface area contributed by atoms with E-state index in [4.69, 9.17) is 9.15 Å². The van der Waals surface area contributed by atoms with Crippen molar-refractivity contribution in [2.24, 2.45) is 5.10 Å². The summed E-state index contributed by atoms with van der Waals surface area (Å²) < 4.78 is 12.2. The van der Waals surface area contributed by atoms with Gasteiger partial charge in [-0.05, 0) is 24.3 Å². The summed E-state index contributed by atoms with van der Waals surface area (Å²) >= 11 is 0. The third kappa shape index (κ3) is 5.41. The first-order chi connectivity index (χ1) is 13.8. The molecule has 28 heavy (non-hydrogen) atoms. The second-order valence-corrected chi connectivity index (χ2v) is 5.08. The van der Waals surface area contributed by atoms with E-state index >= 15 is 0 Å². The third-order valence-corrected chi connectivity index (χ3v) is 3.44. The molecular formula is C20H24N6O2. The molecule has 3 aromatic heterocycles. The zero-order valence-electron chi connectivity index (χ0n) is 16.2. The molecule has 3 rings (SSSR count). The van der Waals surface area contributed by atoms with Gasteiger partial charge in [-0.25, -0.2) is 14.6 Å². The van der Waals surface area contributed by atoms with E-state index in [-0.39, 0.29) is 0 Å². The number of hydrogen-bond acceptors (Lipinski definition) is 7. The van der Waals surface area contributed by atoms with Crippen molar-refractivity contribution in [1.29, 1.82) is 0 Å². The summed E-state index contributed by atoms with van der Waals surface area (Å²) in [5.74, 6) is 1.92. The van der Waals surface area contributed by atoms with E-state index in [1.54, 1.807) is 54.8 Å². The van der Waals surface area contributed by atoms with Gasteiger partial charge in [0.05, 0.1) is 37.7 Å². The minimum Gasteiger partial charge on any atom is -0.497 e. The van der Waals surface area contributed by atoms with Crippen LogP contribution in [0, 0.1) is 0 Å². The lowest BCUT2D eigenvalue weighted by Crippen LogP contribution is -2.01. The summed E-state index contributed by atoms with van der Waals surface area (Å²) in [5.41, 5.74) is 3.58. The molecule has 0 amide bonds. The molecule has 0 saturated carbocycles. The van der Waals surface area contributed by atoms with Gasteiger partial charge >= 0.3 is 0 Å². The molecule has 0 spiro atoms. The van der Waals surface area contributed by atoms with Crippen LogP contribution in [-0.2, 0) is 11.3 Å². The molecule has 0 radical (unpaired) electrons. The molecule has 3 aromatic rings. The first-order valence-electron chi connectivity index (χ1n) is 8.84. The van der Waals surface area contributed by atoms with Crippen LogP contribution in [0.2, 0.25) is 0 Å². The van der Waals surface area contributed by atoms with Crippen molar-refractivity contribution in [1.82, 2.24) is 19.7 Å². The fourth-order valence-electron chi connectivity index (χ4n) is 2.20. The molecule has 3 heterocycles. The Bertz CT molecular complexity index is 954. The van der Waals surface area contributed by atoms with Gasteiger partial charge in [0.15, 0.2) is 11.5 Å². The van der Waals surface area contributed by atoms with Crippen molar-refractivity contribution in [3.05, 3.63) is 73.3 Å². The number of anilines is 1. The van der Waals surface area contributed by atoms with Crippen molar-refractivity contribution in [2.75, 3.05) is 12.5 Å². The van der Waals surface area contributed by atoms with Crippen LogP contribution in [0.15, 0.2) is 77.1 Å². The Morgan fingerprint density at radius 1 is 1.39 bits per heavy atom. The highest BCUT2D eigenvalue weighted by Gasteiger charge is 2.08. The van der Waals surface area contributed by atoms with Crippen molar-refractivity contribution in [3.8, 4) is 0 Å². The Morgan fingerprint density at radius 3 is 2.96 bits per heavy atom. The molecule has 1 N–H and O–H groups in total. The van der Waals surface area contributed by atoms with Crippen molar-refractivity contribution in [3.63, 3.8) is 0 Å². The maximum Gasteiger partial charge on any atom is 0.163 e. The molecule has 0 fully saturated rings. The van der Waals surface area contributed by atoms with Crippen LogP contribution in [0.4, 0.5) is 5.82 Å². The number of fused-ring (bicyclic) bond motifs is 1. The average Bonchev–Trinajstić information content (AvgIpc) is 3.40. The predicted molar refractivity (Wildman–Crippen MR) is 111 cm³/mol. The van der Waals surface area contributed by atoms with Crippen molar-refractivity contribution >= 4 is 23.1 Å². The molecule has 0 atom stereocenters. The van der Waals surface area contributed by atoms with Gasteiger partial charge < -0.3 is 9.15 Å². The van der Waals surface area contributed by atoms with E-state index in [2.05, 4.69) is 32.2 Å². The smallest absolute Gasteiger partial charge is 0.163 e. The quantitative estimate of drug-likeness (QED) is 0.273. The normalized spacial score (nSPS) is 11.6. The van der Waals surface area contributed by atoms with Crippen LogP contribution in [0.1, 0.15) is 19.6 Å². The Morgan fingerprint density at radius 2 is 2.25 bits per heavy atom. The standard InChI is InChI=1S/C18H18N6O2.C2H6/c1-3-4-6-14(25-2)8-9-24-18-16(12-22-24)17(19-13-20-18)23-21-11-15-7-5-10-26-15;1-2/h3-8,10-13H,1,9H2,2H3,(H,19,20,23);1-2H3/b6-4-,14-8+,21-11+;. The van der Waals surface area contributed by atoms with E-state index in [1.165, 1.54) is 6.33 Å². The van der Waals surface area contributed by atoms with Gasteiger partial charge in [0.2, 0.25) is 0 Å². The zero-order valence-corrected chi connectivity index (χ0v) is 16.2. The fraction of sp³-hybridized carbons (Fsp3) is 0.200. The second-order valence-electron chi connectivity index (χ2n) is 5.08. The van der Waals surface area contributed by atoms with Crippen LogP contribution >= 0.6 is 0 Å². The number of nitrogens with zero attached hydrogens (tertiary/aromatic N) is 5. The third-order valence-electron chi connectivity index (χ3n) is 3.44. The van der Waals surface area contributed by atoms with Gasteiger partial charge in [-0.1, -0.05) is 32.6 Å². The molecule has 0 unspecified atom stereocenters. The summed E-state index contributed by atoms with van der Waals surface area (Å²) in [5, 5.41) is 9.24. The average molecular weight is 380 g/mol. The Labute approximate surface area is 163 Å². The van der Waals surface area contributed by atoms with Crippen molar-refractivity contribution < 1.29 is 9.15 Å². The first-order valence-corrected chi connectivity index (χ1v) is 8.84. The van der Waals surface area contributed by atoms with Gasteiger partial charge in [-0.15, -0.1) is 0 Å². The Balaban J connectivity index is 0.00000136. The molecule has 0 bridgehead atoms. The molecule has 0 aliphatic rings. The number of ether oxygens (including phenoxy) is 1. The minimum atomic E-state index is 0.500. The Hall–Kier alpha value is -3.68. The highest BCUT2D eigenvalue weighted by atomic mass is 16.5. The predicted octanol–water partition coefficient (Wildman–Crippen LogP) is 4.16. The number of nitrogens with one attached hydrogen (secondary N) is 1. The molecular weight excluding hydrogens is 356 g/mol. The summed E-state index contributed by atoms with van der Waals surface area (Å²) in [4.78, 5) is 8.51. The number of hydrogen-bond donors (Lipinski definition) is 1. The number of aromatic nitrogens is 4. The molecule has 8 nitrogen and oxygen atoms in total. The van der Waals surface area contributed by atoms with Gasteiger partial charge in [0, 0.05) is 0 Å². The first kappa shape index (κ1) is 20.6. The maximum absolute atomic E-state index is 5.29. The van der Waals surface area contributed by atoms with Crippen LogP contribution < -0.4 is 5.43 Å². The minimum absolute atomic E-state index is 0.500. The Kier molecular flexibility index (Phi) is 8.19. The number of furan rings is 1. The number of hydrazone groups is 1. The topological polar surface area (TPSA) is 90.4 Å². The van der Waals surface area contributed by atoms with Gasteiger partial charge in [-0.3, -0.25) is 5.43 Å². The summed E-state index contributed by atoms with van der Waals surface area (Å²) in [6.45, 7) is 8.14. The van der Waals surface area contributed by atoms with Gasteiger partial charge in [0.1, 0.15) is 17.8 Å². The van der Waals surface area contributed by atoms with E-state index < -0.39 is 0 Å². The van der Waals surface area contributed by atoms with Crippen molar-refractivity contribution in [2.45, 2.75) is 20.4 Å². The largest absolute Gasteiger partial charge is 0.497 e. The SMILES string of the molecule is C=C/C=C\C(=C/Cn1ncc2c(N/N=C/c3ccco3)ncnc21)OC.CC. The summed E-state index contributed by atoms with van der Waals surface area (Å²) in [7, 11) is 1.61. The van der Waals surface area contributed by atoms with E-state index in [9.17, 15) is 0 Å². The fourth-order valence-corrected chi connectivity index (χ4v) is 2.20. The molecule has 0 aromatic carbocycles. The monoisotopic (exact) mass is 380 g/mol. The summed E-state index contributed by atoms with van der Waals surface area (Å²) in [6, 6.07) is 3.60. The van der Waals surface area contributed by atoms with Crippen LogP contribution in [-0.4, -0.2) is 33.1 Å². The molecule has 0 saturated heterocycles. The lowest BCUT2D eigenvalue weighted by Gasteiger charge is -2.03. The van der Waals surface area contributed by atoms with E-state index in [0.29, 0.717) is 29.5 Å². The molecule has 8 heteroatoms. The number of allylic oxidation sites excluding steroid dienone is 4. The van der Waals surface area contributed by atoms with Crippen LogP contribution in [0.5, 0.6) is 0 Å². The zero-order chi connectivity index (χ0) is 20.2. The lowest BCUT2D eigenvalue weighted by atomic mass is 10.3. The van der Waals surface area contributed by atoms with Crippen LogP contribution in [0.25, 0.3) is 11.0 Å². The summed E-state index contributed by atoms with van der Waals surface area (Å²) in [6.07, 6.45) is 13.5. The molecule has 146 valence electrons. The van der Waals surface area contributed by atoms with Gasteiger partial charge in [0.25, 0.3) is 0 Å². The molecule has 0 aliphatic carbocycles. The lowest BCUT2D eigenvalue weighted by molar-refractivity contribution is 0.304. The van der Waals surface area contributed by atoms with Gasteiger partial charge in [-0.2, -0.15) is 10.2 Å².